The summed E-state index contributed by atoms with van der Waals surface area (Å²) in [4.78, 5) is 12.3. The second kappa shape index (κ2) is 6.72. The Balaban J connectivity index is 2.23. The summed E-state index contributed by atoms with van der Waals surface area (Å²) in [5.41, 5.74) is 1.10. The van der Waals surface area contributed by atoms with Gasteiger partial charge in [0, 0.05) is 16.5 Å². The topological polar surface area (TPSA) is 35.5 Å². The van der Waals surface area contributed by atoms with Crippen LogP contribution < -0.4 is 9.47 Å². The highest BCUT2D eigenvalue weighted by Gasteiger charge is 2.13. The normalized spacial score (nSPS) is 10.3. The fraction of sp³-hybridized carbons (Fsp3) is 0.188. The third-order valence-corrected chi connectivity index (χ3v) is 3.75. The van der Waals surface area contributed by atoms with Crippen LogP contribution in [-0.4, -0.2) is 20.0 Å². The number of halogens is 2. The summed E-state index contributed by atoms with van der Waals surface area (Å²) >= 11 is 3.34. The third-order valence-electron chi connectivity index (χ3n) is 3.05. The van der Waals surface area contributed by atoms with Crippen LogP contribution in [0.2, 0.25) is 0 Å². The van der Waals surface area contributed by atoms with Crippen molar-refractivity contribution in [2.75, 3.05) is 14.2 Å². The lowest BCUT2D eigenvalue weighted by atomic mass is 10.0. The molecule has 110 valence electrons. The molecule has 0 aliphatic rings. The second-order valence-electron chi connectivity index (χ2n) is 4.41. The van der Waals surface area contributed by atoms with Crippen LogP contribution in [0.3, 0.4) is 0 Å². The first-order chi connectivity index (χ1) is 10.0. The predicted octanol–water partition coefficient (Wildman–Crippen LogP) is 4.03. The molecule has 0 aliphatic carbocycles. The molecule has 2 aromatic carbocycles. The summed E-state index contributed by atoms with van der Waals surface area (Å²) in [6.07, 6.45) is 0.104. The summed E-state index contributed by atoms with van der Waals surface area (Å²) in [5, 5.41) is 0. The Kier molecular flexibility index (Phi) is 4.96. The molecule has 0 aliphatic heterocycles. The lowest BCUT2D eigenvalue weighted by Crippen LogP contribution is -2.05. The minimum atomic E-state index is -0.479. The number of hydrogen-bond donors (Lipinski definition) is 0. The van der Waals surface area contributed by atoms with Crippen molar-refractivity contribution >= 4 is 21.7 Å². The molecule has 21 heavy (non-hydrogen) atoms. The first-order valence-corrected chi connectivity index (χ1v) is 7.03. The van der Waals surface area contributed by atoms with Gasteiger partial charge in [-0.3, -0.25) is 4.79 Å². The molecule has 0 atom stereocenters. The van der Waals surface area contributed by atoms with Crippen LogP contribution in [0.15, 0.2) is 40.9 Å². The maximum Gasteiger partial charge on any atom is 0.168 e. The first-order valence-electron chi connectivity index (χ1n) is 6.24. The summed E-state index contributed by atoms with van der Waals surface area (Å²) in [6, 6.07) is 9.66. The van der Waals surface area contributed by atoms with E-state index in [-0.39, 0.29) is 18.0 Å². The summed E-state index contributed by atoms with van der Waals surface area (Å²) in [5.74, 6) is 0.161. The molecule has 0 heterocycles. The lowest BCUT2D eigenvalue weighted by Gasteiger charge is -2.08. The van der Waals surface area contributed by atoms with Crippen molar-refractivity contribution in [2.24, 2.45) is 0 Å². The number of carbonyl (C=O) groups is 1. The molecule has 0 amide bonds. The van der Waals surface area contributed by atoms with Crippen molar-refractivity contribution in [3.05, 3.63) is 57.8 Å². The van der Waals surface area contributed by atoms with Crippen LogP contribution >= 0.6 is 15.9 Å². The Bertz CT molecular complexity index is 671. The van der Waals surface area contributed by atoms with Crippen LogP contribution in [0.25, 0.3) is 0 Å². The van der Waals surface area contributed by atoms with Gasteiger partial charge in [-0.25, -0.2) is 4.39 Å². The Morgan fingerprint density at radius 1 is 1.14 bits per heavy atom. The SMILES string of the molecule is COc1ccc(Br)c(C(=O)Cc2ccc(OC)c(F)c2)c1. The quantitative estimate of drug-likeness (QED) is 0.762. The van der Waals surface area contributed by atoms with E-state index in [2.05, 4.69) is 15.9 Å². The smallest absolute Gasteiger partial charge is 0.168 e. The molecule has 0 fully saturated rings. The van der Waals surface area contributed by atoms with Gasteiger partial charge in [-0.2, -0.15) is 0 Å². The minimum absolute atomic E-state index is 0.104. The van der Waals surface area contributed by atoms with Gasteiger partial charge in [0.25, 0.3) is 0 Å². The highest BCUT2D eigenvalue weighted by molar-refractivity contribution is 9.10. The van der Waals surface area contributed by atoms with Gasteiger partial charge >= 0.3 is 0 Å². The Morgan fingerprint density at radius 3 is 2.52 bits per heavy atom. The van der Waals surface area contributed by atoms with E-state index in [0.717, 1.165) is 0 Å². The molecular weight excluding hydrogens is 339 g/mol. The molecule has 0 spiro atoms. The average Bonchev–Trinajstić information content (AvgIpc) is 2.48. The predicted molar refractivity (Wildman–Crippen MR) is 81.7 cm³/mol. The van der Waals surface area contributed by atoms with E-state index in [1.807, 2.05) is 0 Å². The number of ketones is 1. The van der Waals surface area contributed by atoms with Gasteiger partial charge < -0.3 is 9.47 Å². The van der Waals surface area contributed by atoms with Crippen molar-refractivity contribution in [3.8, 4) is 11.5 Å². The van der Waals surface area contributed by atoms with Crippen molar-refractivity contribution in [1.29, 1.82) is 0 Å². The van der Waals surface area contributed by atoms with Crippen molar-refractivity contribution in [1.82, 2.24) is 0 Å². The molecule has 0 bridgehead atoms. The summed E-state index contributed by atoms with van der Waals surface area (Å²) < 4.78 is 24.3. The van der Waals surface area contributed by atoms with Crippen molar-refractivity contribution in [3.63, 3.8) is 0 Å². The largest absolute Gasteiger partial charge is 0.497 e. The fourth-order valence-electron chi connectivity index (χ4n) is 1.95. The molecule has 2 aromatic rings. The number of methoxy groups -OCH3 is 2. The van der Waals surface area contributed by atoms with Crippen LogP contribution in [0, 0.1) is 5.82 Å². The standard InChI is InChI=1S/C16H14BrFO3/c1-20-11-4-5-13(17)12(9-11)15(19)8-10-3-6-16(21-2)14(18)7-10/h3-7,9H,8H2,1-2H3. The van der Waals surface area contributed by atoms with E-state index in [1.165, 1.54) is 26.4 Å². The molecule has 3 nitrogen and oxygen atoms in total. The summed E-state index contributed by atoms with van der Waals surface area (Å²) in [6.45, 7) is 0. The van der Waals surface area contributed by atoms with E-state index in [1.54, 1.807) is 24.3 Å². The molecular formula is C16H14BrFO3. The number of hydrogen-bond acceptors (Lipinski definition) is 3. The highest BCUT2D eigenvalue weighted by Crippen LogP contribution is 2.25. The van der Waals surface area contributed by atoms with Crippen LogP contribution in [-0.2, 0) is 6.42 Å². The van der Waals surface area contributed by atoms with Crippen LogP contribution in [0.1, 0.15) is 15.9 Å². The van der Waals surface area contributed by atoms with Crippen molar-refractivity contribution < 1.29 is 18.7 Å². The zero-order valence-corrected chi connectivity index (χ0v) is 13.2. The van der Waals surface area contributed by atoms with Gasteiger partial charge in [-0.05, 0) is 35.9 Å². The first kappa shape index (κ1) is 15.5. The average molecular weight is 353 g/mol. The number of benzene rings is 2. The molecule has 0 aromatic heterocycles. The van der Waals surface area contributed by atoms with Crippen LogP contribution in [0.4, 0.5) is 4.39 Å². The maximum absolute atomic E-state index is 13.6. The van der Waals surface area contributed by atoms with Crippen molar-refractivity contribution in [2.45, 2.75) is 6.42 Å². The Hall–Kier alpha value is -1.88. The molecule has 0 saturated carbocycles. The Labute approximate surface area is 130 Å². The number of ether oxygens (including phenoxy) is 2. The van der Waals surface area contributed by atoms with Gasteiger partial charge in [-0.15, -0.1) is 0 Å². The Morgan fingerprint density at radius 2 is 1.90 bits per heavy atom. The van der Waals surface area contributed by atoms with Gasteiger partial charge in [0.15, 0.2) is 17.3 Å². The van der Waals surface area contributed by atoms with E-state index >= 15 is 0 Å². The molecule has 5 heteroatoms. The number of carbonyl (C=O) groups excluding carboxylic acids is 1. The van der Waals surface area contributed by atoms with E-state index < -0.39 is 5.82 Å². The van der Waals surface area contributed by atoms with Crippen LogP contribution in [0.5, 0.6) is 11.5 Å². The number of Topliss-reactive ketones (excluding diaryl/α,β-unsaturated/α-hetero) is 1. The minimum Gasteiger partial charge on any atom is -0.497 e. The van der Waals surface area contributed by atoms with Gasteiger partial charge in [0.05, 0.1) is 14.2 Å². The zero-order valence-electron chi connectivity index (χ0n) is 11.7. The van der Waals surface area contributed by atoms with E-state index in [0.29, 0.717) is 21.3 Å². The number of rotatable bonds is 5. The molecule has 0 N–H and O–H groups in total. The lowest BCUT2D eigenvalue weighted by molar-refractivity contribution is 0.0992. The van der Waals surface area contributed by atoms with Gasteiger partial charge in [0.2, 0.25) is 0 Å². The maximum atomic E-state index is 13.6. The third kappa shape index (κ3) is 3.61. The molecule has 0 unspecified atom stereocenters. The molecule has 0 saturated heterocycles. The fourth-order valence-corrected chi connectivity index (χ4v) is 2.41. The monoisotopic (exact) mass is 352 g/mol. The van der Waals surface area contributed by atoms with Gasteiger partial charge in [0.1, 0.15) is 5.75 Å². The highest BCUT2D eigenvalue weighted by atomic mass is 79.9. The van der Waals surface area contributed by atoms with E-state index in [4.69, 9.17) is 9.47 Å². The van der Waals surface area contributed by atoms with Gasteiger partial charge in [-0.1, -0.05) is 22.0 Å². The molecule has 0 radical (unpaired) electrons. The molecule has 2 rings (SSSR count). The second-order valence-corrected chi connectivity index (χ2v) is 5.27. The zero-order chi connectivity index (χ0) is 15.4. The van der Waals surface area contributed by atoms with E-state index in [9.17, 15) is 9.18 Å². The summed E-state index contributed by atoms with van der Waals surface area (Å²) in [7, 11) is 2.94.